The number of carbonyl (C=O) groups is 1. The number of ether oxygens (including phenoxy) is 2. The number of anilines is 2. The first-order valence-electron chi connectivity index (χ1n) is 10.9. The molecular weight excluding hydrogens is 424 g/mol. The van der Waals surface area contributed by atoms with E-state index in [1.807, 2.05) is 36.1 Å². The zero-order valence-corrected chi connectivity index (χ0v) is 18.7. The number of nitrogens with zero attached hydrogens (tertiary/aromatic N) is 4. The Labute approximate surface area is 192 Å². The molecule has 0 atom stereocenters. The Morgan fingerprint density at radius 1 is 1.22 bits per heavy atom. The standard InChI is InChI=1S/C24H24N4O3S/c1-16-13-18(15-26-21(16)14-25)27-22(29)24(9-2-10-24)28(23(27)32)17-3-5-19(6-4-17)31-20-7-11-30-12-8-20/h3-6,13,15,20H,2,7-12H2,1H3. The molecule has 1 amide bonds. The van der Waals surface area contributed by atoms with Crippen molar-refractivity contribution in [3.63, 3.8) is 0 Å². The van der Waals surface area contributed by atoms with E-state index in [1.54, 1.807) is 17.2 Å². The van der Waals surface area contributed by atoms with Gasteiger partial charge in [0.15, 0.2) is 5.11 Å². The molecule has 0 radical (unpaired) electrons. The van der Waals surface area contributed by atoms with E-state index in [9.17, 15) is 10.1 Å². The number of nitriles is 1. The maximum absolute atomic E-state index is 13.6. The molecule has 3 aliphatic rings. The van der Waals surface area contributed by atoms with Crippen molar-refractivity contribution < 1.29 is 14.3 Å². The zero-order valence-electron chi connectivity index (χ0n) is 17.9. The van der Waals surface area contributed by atoms with Crippen molar-refractivity contribution in [2.75, 3.05) is 23.0 Å². The van der Waals surface area contributed by atoms with E-state index >= 15 is 0 Å². The Bertz CT molecular complexity index is 1100. The third-order valence-electron chi connectivity index (χ3n) is 6.59. The van der Waals surface area contributed by atoms with Crippen LogP contribution in [0.2, 0.25) is 0 Å². The highest BCUT2D eigenvalue weighted by molar-refractivity contribution is 7.81. The summed E-state index contributed by atoms with van der Waals surface area (Å²) in [5, 5.41) is 9.63. The minimum Gasteiger partial charge on any atom is -0.490 e. The Kier molecular flexibility index (Phi) is 5.31. The van der Waals surface area contributed by atoms with E-state index in [0.29, 0.717) is 16.5 Å². The van der Waals surface area contributed by atoms with Crippen molar-refractivity contribution in [1.29, 1.82) is 5.26 Å². The predicted molar refractivity (Wildman–Crippen MR) is 124 cm³/mol. The van der Waals surface area contributed by atoms with Crippen LogP contribution in [0.1, 0.15) is 43.4 Å². The molecule has 1 spiro atoms. The second kappa shape index (κ2) is 8.15. The van der Waals surface area contributed by atoms with Crippen LogP contribution in [0.25, 0.3) is 0 Å². The molecular formula is C24H24N4O3S. The molecule has 1 aliphatic carbocycles. The molecule has 7 nitrogen and oxygen atoms in total. The number of pyridine rings is 1. The summed E-state index contributed by atoms with van der Waals surface area (Å²) in [6.07, 6.45) is 6.00. The van der Waals surface area contributed by atoms with Gasteiger partial charge in [-0.05, 0) is 74.3 Å². The number of aromatic nitrogens is 1. The van der Waals surface area contributed by atoms with E-state index in [0.717, 1.165) is 62.3 Å². The molecule has 2 aliphatic heterocycles. The summed E-state index contributed by atoms with van der Waals surface area (Å²) in [5.41, 5.74) is 1.90. The summed E-state index contributed by atoms with van der Waals surface area (Å²) in [4.78, 5) is 21.3. The molecule has 164 valence electrons. The molecule has 3 heterocycles. The van der Waals surface area contributed by atoms with Gasteiger partial charge in [0.1, 0.15) is 29.2 Å². The largest absolute Gasteiger partial charge is 0.490 e. The SMILES string of the molecule is Cc1cc(N2C(=O)C3(CCC3)N(c3ccc(OC4CCOCC4)cc3)C2=S)cnc1C#N. The topological polar surface area (TPSA) is 78.7 Å². The lowest BCUT2D eigenvalue weighted by atomic mass is 9.75. The Balaban J connectivity index is 1.43. The van der Waals surface area contributed by atoms with Gasteiger partial charge in [0.25, 0.3) is 5.91 Å². The van der Waals surface area contributed by atoms with E-state index in [4.69, 9.17) is 21.7 Å². The molecule has 0 unspecified atom stereocenters. The monoisotopic (exact) mass is 448 g/mol. The van der Waals surface area contributed by atoms with E-state index in [2.05, 4.69) is 11.1 Å². The van der Waals surface area contributed by atoms with Crippen molar-refractivity contribution >= 4 is 34.6 Å². The normalized spacial score (nSPS) is 20.4. The highest BCUT2D eigenvalue weighted by Crippen LogP contribution is 2.48. The minimum atomic E-state index is -0.651. The molecule has 2 aromatic rings. The van der Waals surface area contributed by atoms with Crippen LogP contribution >= 0.6 is 12.2 Å². The number of hydrogen-bond acceptors (Lipinski definition) is 6. The lowest BCUT2D eigenvalue weighted by molar-refractivity contribution is -0.123. The average molecular weight is 449 g/mol. The Morgan fingerprint density at radius 3 is 2.53 bits per heavy atom. The Hall–Kier alpha value is -3.02. The third kappa shape index (κ3) is 3.33. The number of hydrogen-bond donors (Lipinski definition) is 0. The first-order chi connectivity index (χ1) is 15.5. The third-order valence-corrected chi connectivity index (χ3v) is 6.95. The van der Waals surface area contributed by atoms with Gasteiger partial charge in [-0.1, -0.05) is 0 Å². The molecule has 32 heavy (non-hydrogen) atoms. The van der Waals surface area contributed by atoms with Crippen LogP contribution < -0.4 is 14.5 Å². The van der Waals surface area contributed by atoms with Crippen LogP contribution in [0, 0.1) is 18.3 Å². The molecule has 3 fully saturated rings. The molecule has 2 saturated heterocycles. The van der Waals surface area contributed by atoms with Crippen LogP contribution in [-0.4, -0.2) is 40.9 Å². The second-order valence-corrected chi connectivity index (χ2v) is 8.90. The molecule has 0 bridgehead atoms. The van der Waals surface area contributed by atoms with Crippen molar-refractivity contribution in [2.24, 2.45) is 0 Å². The average Bonchev–Trinajstić information content (AvgIpc) is 3.02. The van der Waals surface area contributed by atoms with Crippen molar-refractivity contribution in [3.8, 4) is 11.8 Å². The van der Waals surface area contributed by atoms with Crippen molar-refractivity contribution in [1.82, 2.24) is 4.98 Å². The van der Waals surface area contributed by atoms with E-state index in [1.165, 1.54) is 0 Å². The fraction of sp³-hybridized carbons (Fsp3) is 0.417. The number of carbonyl (C=O) groups excluding carboxylic acids is 1. The zero-order chi connectivity index (χ0) is 22.3. The van der Waals surface area contributed by atoms with Crippen molar-refractivity contribution in [3.05, 3.63) is 47.8 Å². The van der Waals surface area contributed by atoms with Crippen LogP contribution in [0.3, 0.4) is 0 Å². The number of amides is 1. The van der Waals surface area contributed by atoms with Gasteiger partial charge in [0, 0.05) is 18.5 Å². The smallest absolute Gasteiger partial charge is 0.259 e. The van der Waals surface area contributed by atoms with Gasteiger partial charge in [-0.3, -0.25) is 9.69 Å². The molecule has 0 N–H and O–H groups in total. The summed E-state index contributed by atoms with van der Waals surface area (Å²) in [6, 6.07) is 11.7. The van der Waals surface area contributed by atoms with Gasteiger partial charge in [-0.2, -0.15) is 5.26 Å². The van der Waals surface area contributed by atoms with E-state index in [-0.39, 0.29) is 12.0 Å². The number of thiocarbonyl (C=S) groups is 1. The molecule has 8 heteroatoms. The lowest BCUT2D eigenvalue weighted by Gasteiger charge is -2.43. The number of benzene rings is 1. The maximum Gasteiger partial charge on any atom is 0.259 e. The van der Waals surface area contributed by atoms with Crippen LogP contribution in [0.4, 0.5) is 11.4 Å². The van der Waals surface area contributed by atoms with Crippen LogP contribution in [0.15, 0.2) is 36.5 Å². The summed E-state index contributed by atoms with van der Waals surface area (Å²) >= 11 is 5.81. The molecule has 1 aromatic heterocycles. The quantitative estimate of drug-likeness (QED) is 0.657. The first kappa shape index (κ1) is 20.9. The lowest BCUT2D eigenvalue weighted by Crippen LogP contribution is -2.55. The second-order valence-electron chi connectivity index (χ2n) is 8.54. The van der Waals surface area contributed by atoms with Crippen LogP contribution in [0.5, 0.6) is 5.75 Å². The fourth-order valence-corrected chi connectivity index (χ4v) is 5.14. The fourth-order valence-electron chi connectivity index (χ4n) is 4.67. The van der Waals surface area contributed by atoms with Gasteiger partial charge in [-0.15, -0.1) is 0 Å². The number of aryl methyl sites for hydroxylation is 1. The van der Waals surface area contributed by atoms with Gasteiger partial charge in [0.2, 0.25) is 0 Å². The molecule has 1 aromatic carbocycles. The summed E-state index contributed by atoms with van der Waals surface area (Å²) in [6.45, 7) is 3.27. The van der Waals surface area contributed by atoms with Gasteiger partial charge >= 0.3 is 0 Å². The van der Waals surface area contributed by atoms with Gasteiger partial charge in [0.05, 0.1) is 25.1 Å². The Morgan fingerprint density at radius 2 is 1.94 bits per heavy atom. The molecule has 1 saturated carbocycles. The first-order valence-corrected chi connectivity index (χ1v) is 11.3. The highest BCUT2D eigenvalue weighted by Gasteiger charge is 2.59. The molecule has 5 rings (SSSR count). The van der Waals surface area contributed by atoms with E-state index < -0.39 is 5.54 Å². The summed E-state index contributed by atoms with van der Waals surface area (Å²) in [5.74, 6) is 0.783. The van der Waals surface area contributed by atoms with Gasteiger partial charge in [-0.25, -0.2) is 4.98 Å². The minimum absolute atomic E-state index is 0.0258. The predicted octanol–water partition coefficient (Wildman–Crippen LogP) is 3.88. The summed E-state index contributed by atoms with van der Waals surface area (Å²) < 4.78 is 11.5. The van der Waals surface area contributed by atoms with Gasteiger partial charge < -0.3 is 14.4 Å². The van der Waals surface area contributed by atoms with Crippen molar-refractivity contribution in [2.45, 2.75) is 50.7 Å². The summed E-state index contributed by atoms with van der Waals surface area (Å²) in [7, 11) is 0. The maximum atomic E-state index is 13.6. The number of rotatable bonds is 4. The highest BCUT2D eigenvalue weighted by atomic mass is 32.1. The van der Waals surface area contributed by atoms with Crippen LogP contribution in [-0.2, 0) is 9.53 Å².